The van der Waals surface area contributed by atoms with Gasteiger partial charge in [0.2, 0.25) is 0 Å². The fourth-order valence-corrected chi connectivity index (χ4v) is 3.57. The third-order valence-corrected chi connectivity index (χ3v) is 5.45. The second-order valence-corrected chi connectivity index (χ2v) is 8.38. The SMILES string of the molecule is CCCCCCCC/C=C\CCCCCCCC(=O)C(N)OS(=O)(=O)OCC. The molecule has 1 unspecified atom stereocenters. The van der Waals surface area contributed by atoms with Crippen LogP contribution in [0.2, 0.25) is 0 Å². The van der Waals surface area contributed by atoms with Gasteiger partial charge >= 0.3 is 10.4 Å². The topological polar surface area (TPSA) is 95.7 Å². The van der Waals surface area contributed by atoms with Crippen LogP contribution in [0.4, 0.5) is 0 Å². The van der Waals surface area contributed by atoms with Gasteiger partial charge in [0.05, 0.1) is 6.61 Å². The molecule has 0 heterocycles. The van der Waals surface area contributed by atoms with Crippen molar-refractivity contribution in [3.05, 3.63) is 12.2 Å². The predicted molar refractivity (Wildman–Crippen MR) is 114 cm³/mol. The van der Waals surface area contributed by atoms with Crippen LogP contribution in [-0.2, 0) is 23.6 Å². The van der Waals surface area contributed by atoms with Gasteiger partial charge in [0, 0.05) is 6.42 Å². The summed E-state index contributed by atoms with van der Waals surface area (Å²) in [6, 6.07) is 0. The van der Waals surface area contributed by atoms with Crippen LogP contribution >= 0.6 is 0 Å². The normalized spacial score (nSPS) is 13.2. The Morgan fingerprint density at radius 3 is 1.89 bits per heavy atom. The summed E-state index contributed by atoms with van der Waals surface area (Å²) in [5.74, 6) is -0.416. The van der Waals surface area contributed by atoms with Gasteiger partial charge in [-0.25, -0.2) is 8.37 Å². The Morgan fingerprint density at radius 1 is 0.857 bits per heavy atom. The predicted octanol–water partition coefficient (Wildman–Crippen LogP) is 5.18. The molecule has 166 valence electrons. The number of ketones is 1. The minimum atomic E-state index is -4.19. The standard InChI is InChI=1S/C21H41NO5S/c1-3-5-6-7-8-9-10-11-12-13-14-15-16-17-18-19-20(23)21(22)27-28(24,25)26-4-2/h11-12,21H,3-10,13-19,22H2,1-2H3/b12-11-. The van der Waals surface area contributed by atoms with Gasteiger partial charge in [-0.3, -0.25) is 10.5 Å². The molecule has 7 heteroatoms. The van der Waals surface area contributed by atoms with Crippen molar-refractivity contribution in [2.24, 2.45) is 5.73 Å². The molecule has 0 aliphatic carbocycles. The van der Waals surface area contributed by atoms with E-state index in [4.69, 9.17) is 5.73 Å². The maximum atomic E-state index is 11.8. The lowest BCUT2D eigenvalue weighted by Gasteiger charge is -2.11. The molecule has 6 nitrogen and oxygen atoms in total. The molecule has 28 heavy (non-hydrogen) atoms. The monoisotopic (exact) mass is 419 g/mol. The molecule has 0 fully saturated rings. The summed E-state index contributed by atoms with van der Waals surface area (Å²) >= 11 is 0. The van der Waals surface area contributed by atoms with E-state index in [1.54, 1.807) is 0 Å². The van der Waals surface area contributed by atoms with Crippen LogP contribution < -0.4 is 5.73 Å². The molecule has 0 radical (unpaired) electrons. The quantitative estimate of drug-likeness (QED) is 0.166. The summed E-state index contributed by atoms with van der Waals surface area (Å²) in [4.78, 5) is 11.8. The Balaban J connectivity index is 3.51. The summed E-state index contributed by atoms with van der Waals surface area (Å²) < 4.78 is 31.4. The number of Topliss-reactive ketones (excluding diaryl/α,β-unsaturated/α-hetero) is 1. The first-order chi connectivity index (χ1) is 13.4. The van der Waals surface area contributed by atoms with Crippen LogP contribution in [0.25, 0.3) is 0 Å². The zero-order chi connectivity index (χ0) is 21.1. The summed E-state index contributed by atoms with van der Waals surface area (Å²) in [6.07, 6.45) is 18.7. The zero-order valence-electron chi connectivity index (χ0n) is 17.9. The average Bonchev–Trinajstić information content (AvgIpc) is 2.64. The van der Waals surface area contributed by atoms with E-state index in [0.29, 0.717) is 6.42 Å². The fraction of sp³-hybridized carbons (Fsp3) is 0.857. The summed E-state index contributed by atoms with van der Waals surface area (Å²) in [7, 11) is -4.19. The molecular formula is C21H41NO5S. The van der Waals surface area contributed by atoms with E-state index in [0.717, 1.165) is 32.1 Å². The van der Waals surface area contributed by atoms with E-state index in [9.17, 15) is 13.2 Å². The van der Waals surface area contributed by atoms with Gasteiger partial charge in [-0.05, 0) is 39.0 Å². The summed E-state index contributed by atoms with van der Waals surface area (Å²) in [5, 5.41) is 0. The largest absolute Gasteiger partial charge is 0.401 e. The van der Waals surface area contributed by atoms with E-state index in [-0.39, 0.29) is 13.0 Å². The van der Waals surface area contributed by atoms with Crippen LogP contribution in [0.3, 0.4) is 0 Å². The zero-order valence-corrected chi connectivity index (χ0v) is 18.7. The molecule has 0 saturated heterocycles. The molecule has 1 atom stereocenters. The fourth-order valence-electron chi connectivity index (χ4n) is 2.86. The molecule has 0 aromatic rings. The summed E-state index contributed by atoms with van der Waals surface area (Å²) in [5.41, 5.74) is 5.46. The maximum Gasteiger partial charge on any atom is 0.401 e. The minimum Gasteiger partial charge on any atom is -0.299 e. The van der Waals surface area contributed by atoms with Gasteiger partial charge in [0.25, 0.3) is 0 Å². The van der Waals surface area contributed by atoms with Gasteiger partial charge in [-0.15, -0.1) is 0 Å². The highest BCUT2D eigenvalue weighted by atomic mass is 32.3. The number of allylic oxidation sites excluding steroid dienone is 2. The number of hydrogen-bond acceptors (Lipinski definition) is 6. The van der Waals surface area contributed by atoms with Crippen molar-refractivity contribution >= 4 is 16.2 Å². The second-order valence-electron chi connectivity index (χ2n) is 7.13. The average molecular weight is 420 g/mol. The number of hydrogen-bond donors (Lipinski definition) is 1. The summed E-state index contributed by atoms with van der Waals surface area (Å²) in [6.45, 7) is 3.70. The number of rotatable bonds is 20. The van der Waals surface area contributed by atoms with Gasteiger partial charge < -0.3 is 0 Å². The van der Waals surface area contributed by atoms with E-state index >= 15 is 0 Å². The van der Waals surface area contributed by atoms with E-state index < -0.39 is 22.4 Å². The highest BCUT2D eigenvalue weighted by Crippen LogP contribution is 2.11. The van der Waals surface area contributed by atoms with Crippen LogP contribution in [0.1, 0.15) is 104 Å². The maximum absolute atomic E-state index is 11.8. The molecule has 0 aromatic carbocycles. The van der Waals surface area contributed by atoms with Crippen molar-refractivity contribution in [3.8, 4) is 0 Å². The molecule has 0 amide bonds. The Labute approximate surface area is 172 Å². The number of nitrogens with two attached hydrogens (primary N) is 1. The lowest BCUT2D eigenvalue weighted by atomic mass is 10.1. The third-order valence-electron chi connectivity index (χ3n) is 4.49. The van der Waals surface area contributed by atoms with Crippen molar-refractivity contribution < 1.29 is 21.6 Å². The van der Waals surface area contributed by atoms with E-state index in [1.807, 2.05) is 0 Å². The smallest absolute Gasteiger partial charge is 0.299 e. The first-order valence-electron chi connectivity index (χ1n) is 10.9. The van der Waals surface area contributed by atoms with Crippen LogP contribution in [0.15, 0.2) is 12.2 Å². The minimum absolute atomic E-state index is 0.0581. The van der Waals surface area contributed by atoms with Crippen LogP contribution in [0, 0.1) is 0 Å². The van der Waals surface area contributed by atoms with Gasteiger partial charge in [0.1, 0.15) is 0 Å². The van der Waals surface area contributed by atoms with Crippen LogP contribution in [-0.4, -0.2) is 27.0 Å². The number of unbranched alkanes of at least 4 members (excludes halogenated alkanes) is 11. The molecule has 0 bridgehead atoms. The molecule has 0 aliphatic rings. The Bertz CT molecular complexity index is 505. The van der Waals surface area contributed by atoms with Crippen LogP contribution in [0.5, 0.6) is 0 Å². The second kappa shape index (κ2) is 18.3. The van der Waals surface area contributed by atoms with Crippen molar-refractivity contribution in [2.75, 3.05) is 6.61 Å². The lowest BCUT2D eigenvalue weighted by molar-refractivity contribution is -0.125. The molecule has 0 aliphatic heterocycles. The Kier molecular flexibility index (Phi) is 17.8. The third kappa shape index (κ3) is 17.3. The number of carbonyl (C=O) groups excluding carboxylic acids is 1. The van der Waals surface area contributed by atoms with Gasteiger partial charge in [0.15, 0.2) is 12.0 Å². The van der Waals surface area contributed by atoms with Crippen molar-refractivity contribution in [3.63, 3.8) is 0 Å². The molecule has 0 spiro atoms. The molecular weight excluding hydrogens is 378 g/mol. The first kappa shape index (κ1) is 27.2. The van der Waals surface area contributed by atoms with Crippen molar-refractivity contribution in [1.82, 2.24) is 0 Å². The highest BCUT2D eigenvalue weighted by molar-refractivity contribution is 7.81. The van der Waals surface area contributed by atoms with Crippen molar-refractivity contribution in [1.29, 1.82) is 0 Å². The Morgan fingerprint density at radius 2 is 1.36 bits per heavy atom. The van der Waals surface area contributed by atoms with Gasteiger partial charge in [-0.2, -0.15) is 8.42 Å². The molecule has 0 aromatic heterocycles. The van der Waals surface area contributed by atoms with Gasteiger partial charge in [-0.1, -0.05) is 70.4 Å². The number of carbonyl (C=O) groups is 1. The first-order valence-corrected chi connectivity index (χ1v) is 12.3. The lowest BCUT2D eigenvalue weighted by Crippen LogP contribution is -2.36. The molecule has 0 rings (SSSR count). The van der Waals surface area contributed by atoms with E-state index in [2.05, 4.69) is 27.4 Å². The Hall–Kier alpha value is -0.760. The molecule has 0 saturated carbocycles. The highest BCUT2D eigenvalue weighted by Gasteiger charge is 2.22. The molecule has 2 N–H and O–H groups in total. The van der Waals surface area contributed by atoms with E-state index in [1.165, 1.54) is 51.9 Å². The van der Waals surface area contributed by atoms with Crippen molar-refractivity contribution in [2.45, 2.75) is 110 Å².